The first-order chi connectivity index (χ1) is 8.45. The van der Waals surface area contributed by atoms with Gasteiger partial charge in [0.15, 0.2) is 5.78 Å². The van der Waals surface area contributed by atoms with Crippen LogP contribution in [0, 0.1) is 0 Å². The van der Waals surface area contributed by atoms with E-state index in [9.17, 15) is 9.59 Å². The van der Waals surface area contributed by atoms with Crippen molar-refractivity contribution in [1.82, 2.24) is 5.32 Å². The second-order valence-corrected chi connectivity index (χ2v) is 4.17. The maximum Gasteiger partial charge on any atom is 0.320 e. The van der Waals surface area contributed by atoms with Crippen LogP contribution in [0.1, 0.15) is 30.6 Å². The number of ketones is 1. The van der Waals surface area contributed by atoms with Gasteiger partial charge in [-0.2, -0.15) is 0 Å². The van der Waals surface area contributed by atoms with Crippen LogP contribution in [0.4, 0.5) is 5.69 Å². The number of carboxylic acids is 1. The van der Waals surface area contributed by atoms with E-state index in [0.29, 0.717) is 17.7 Å². The predicted molar refractivity (Wildman–Crippen MR) is 69.5 cm³/mol. The lowest BCUT2D eigenvalue weighted by molar-refractivity contribution is -0.139. The van der Waals surface area contributed by atoms with Gasteiger partial charge in [0.05, 0.1) is 6.04 Å². The fourth-order valence-electron chi connectivity index (χ4n) is 1.64. The number of nitrogens with one attached hydrogen (secondary N) is 1. The van der Waals surface area contributed by atoms with E-state index in [1.807, 2.05) is 0 Å². The molecule has 0 heterocycles. The quantitative estimate of drug-likeness (QED) is 0.522. The summed E-state index contributed by atoms with van der Waals surface area (Å²) in [6.07, 6.45) is 0.425. The highest BCUT2D eigenvalue weighted by Gasteiger charge is 2.22. The van der Waals surface area contributed by atoms with Gasteiger partial charge in [0.25, 0.3) is 0 Å². The molecule has 0 saturated carbocycles. The molecule has 5 nitrogen and oxygen atoms in total. The summed E-state index contributed by atoms with van der Waals surface area (Å²) in [5.41, 5.74) is 6.65. The molecule has 4 N–H and O–H groups in total. The lowest BCUT2D eigenvalue weighted by Gasteiger charge is -2.18. The fourth-order valence-corrected chi connectivity index (χ4v) is 1.64. The number of rotatable bonds is 6. The van der Waals surface area contributed by atoms with Crippen LogP contribution < -0.4 is 11.1 Å². The van der Waals surface area contributed by atoms with Crippen LogP contribution in [-0.4, -0.2) is 28.9 Å². The van der Waals surface area contributed by atoms with Gasteiger partial charge in [-0.3, -0.25) is 14.9 Å². The number of aliphatic carboxylic acids is 1. The minimum Gasteiger partial charge on any atom is -0.480 e. The van der Waals surface area contributed by atoms with E-state index in [1.54, 1.807) is 38.1 Å². The van der Waals surface area contributed by atoms with Crippen LogP contribution >= 0.6 is 0 Å². The van der Waals surface area contributed by atoms with Gasteiger partial charge in [0.2, 0.25) is 0 Å². The van der Waals surface area contributed by atoms with Gasteiger partial charge in [-0.05, 0) is 37.6 Å². The van der Waals surface area contributed by atoms with Gasteiger partial charge in [-0.25, -0.2) is 0 Å². The molecule has 0 saturated heterocycles. The monoisotopic (exact) mass is 250 g/mol. The lowest BCUT2D eigenvalue weighted by atomic mass is 10.0. The van der Waals surface area contributed by atoms with E-state index in [2.05, 4.69) is 5.32 Å². The lowest BCUT2D eigenvalue weighted by Crippen LogP contribution is -2.45. The smallest absolute Gasteiger partial charge is 0.320 e. The molecule has 2 unspecified atom stereocenters. The molecule has 0 spiro atoms. The van der Waals surface area contributed by atoms with Crippen molar-refractivity contribution in [3.63, 3.8) is 0 Å². The molecule has 18 heavy (non-hydrogen) atoms. The Balaban J connectivity index is 2.72. The number of hydrogen-bond acceptors (Lipinski definition) is 4. The molecule has 1 aromatic rings. The molecule has 0 amide bonds. The summed E-state index contributed by atoms with van der Waals surface area (Å²) >= 11 is 0. The number of hydrogen-bond donors (Lipinski definition) is 3. The largest absolute Gasteiger partial charge is 0.480 e. The van der Waals surface area contributed by atoms with Gasteiger partial charge < -0.3 is 10.8 Å². The van der Waals surface area contributed by atoms with Crippen molar-refractivity contribution < 1.29 is 14.7 Å². The number of Topliss-reactive ketones (excluding diaryl/α,β-unsaturated/α-hetero) is 1. The molecule has 0 aromatic heterocycles. The molecule has 2 atom stereocenters. The van der Waals surface area contributed by atoms with Crippen molar-refractivity contribution in [2.75, 3.05) is 5.73 Å². The Morgan fingerprint density at radius 1 is 1.33 bits per heavy atom. The normalized spacial score (nSPS) is 13.9. The number of carbonyl (C=O) groups is 2. The Hall–Kier alpha value is -1.88. The molecule has 0 aliphatic rings. The van der Waals surface area contributed by atoms with Gasteiger partial charge >= 0.3 is 5.97 Å². The molecular weight excluding hydrogens is 232 g/mol. The maximum absolute atomic E-state index is 12.0. The van der Waals surface area contributed by atoms with Crippen LogP contribution in [0.2, 0.25) is 0 Å². The SMILES string of the molecule is CCC(NC(C)C(=O)c1ccc(N)cc1)C(=O)O. The van der Waals surface area contributed by atoms with Gasteiger partial charge in [-0.1, -0.05) is 6.92 Å². The number of anilines is 1. The molecule has 98 valence electrons. The molecule has 0 aliphatic heterocycles. The number of nitrogen functional groups attached to an aromatic ring is 1. The third kappa shape index (κ3) is 3.56. The van der Waals surface area contributed by atoms with Crippen molar-refractivity contribution >= 4 is 17.4 Å². The summed E-state index contributed by atoms with van der Waals surface area (Å²) in [5.74, 6) is -1.09. The Morgan fingerprint density at radius 2 is 1.89 bits per heavy atom. The highest BCUT2D eigenvalue weighted by molar-refractivity contribution is 6.00. The van der Waals surface area contributed by atoms with Crippen molar-refractivity contribution in [3.05, 3.63) is 29.8 Å². The Labute approximate surface area is 106 Å². The molecule has 1 rings (SSSR count). The van der Waals surface area contributed by atoms with Crippen molar-refractivity contribution in [3.8, 4) is 0 Å². The number of nitrogens with two attached hydrogens (primary N) is 1. The zero-order valence-corrected chi connectivity index (χ0v) is 10.5. The summed E-state index contributed by atoms with van der Waals surface area (Å²) < 4.78 is 0. The second-order valence-electron chi connectivity index (χ2n) is 4.17. The average Bonchev–Trinajstić information content (AvgIpc) is 2.35. The second kappa shape index (κ2) is 6.16. The Bertz CT molecular complexity index is 428. The Kier molecular flexibility index (Phi) is 4.85. The van der Waals surface area contributed by atoms with Crippen LogP contribution in [-0.2, 0) is 4.79 Å². The molecular formula is C13H18N2O3. The van der Waals surface area contributed by atoms with Gasteiger partial charge in [-0.15, -0.1) is 0 Å². The van der Waals surface area contributed by atoms with Crippen molar-refractivity contribution in [2.24, 2.45) is 0 Å². The van der Waals surface area contributed by atoms with E-state index in [-0.39, 0.29) is 5.78 Å². The molecule has 0 aliphatic carbocycles. The van der Waals surface area contributed by atoms with Gasteiger partial charge in [0, 0.05) is 11.3 Å². The van der Waals surface area contributed by atoms with Crippen LogP contribution in [0.3, 0.4) is 0 Å². The zero-order chi connectivity index (χ0) is 13.7. The summed E-state index contributed by atoms with van der Waals surface area (Å²) in [4.78, 5) is 22.9. The first-order valence-electron chi connectivity index (χ1n) is 5.84. The minimum absolute atomic E-state index is 0.144. The fraction of sp³-hybridized carbons (Fsp3) is 0.385. The summed E-state index contributed by atoms with van der Waals surface area (Å²) in [6, 6.07) is 5.31. The average molecular weight is 250 g/mol. The van der Waals surface area contributed by atoms with Crippen molar-refractivity contribution in [1.29, 1.82) is 0 Å². The van der Waals surface area contributed by atoms with E-state index < -0.39 is 18.1 Å². The molecule has 0 bridgehead atoms. The zero-order valence-electron chi connectivity index (χ0n) is 10.5. The summed E-state index contributed by atoms with van der Waals surface area (Å²) in [7, 11) is 0. The summed E-state index contributed by atoms with van der Waals surface area (Å²) in [6.45, 7) is 3.41. The first kappa shape index (κ1) is 14.2. The van der Waals surface area contributed by atoms with Gasteiger partial charge in [0.1, 0.15) is 6.04 Å². The summed E-state index contributed by atoms with van der Waals surface area (Å²) in [5, 5.41) is 11.7. The van der Waals surface area contributed by atoms with E-state index >= 15 is 0 Å². The van der Waals surface area contributed by atoms with E-state index in [1.165, 1.54) is 0 Å². The highest BCUT2D eigenvalue weighted by Crippen LogP contribution is 2.09. The Morgan fingerprint density at radius 3 is 2.33 bits per heavy atom. The van der Waals surface area contributed by atoms with E-state index in [4.69, 9.17) is 10.8 Å². The third-order valence-corrected chi connectivity index (χ3v) is 2.75. The number of benzene rings is 1. The maximum atomic E-state index is 12.0. The van der Waals surface area contributed by atoms with Crippen molar-refractivity contribution in [2.45, 2.75) is 32.4 Å². The standard InChI is InChI=1S/C13H18N2O3/c1-3-11(13(17)18)15-8(2)12(16)9-4-6-10(14)7-5-9/h4-8,11,15H,3,14H2,1-2H3,(H,17,18). The first-order valence-corrected chi connectivity index (χ1v) is 5.84. The van der Waals surface area contributed by atoms with Crippen LogP contribution in [0.5, 0.6) is 0 Å². The van der Waals surface area contributed by atoms with E-state index in [0.717, 1.165) is 0 Å². The highest BCUT2D eigenvalue weighted by atomic mass is 16.4. The topological polar surface area (TPSA) is 92.4 Å². The molecule has 0 radical (unpaired) electrons. The molecule has 5 heteroatoms. The number of carboxylic acid groups (broad SMARTS) is 1. The predicted octanol–water partition coefficient (Wildman–Crippen LogP) is 1.29. The molecule has 1 aromatic carbocycles. The molecule has 0 fully saturated rings. The number of carbonyl (C=O) groups excluding carboxylic acids is 1. The third-order valence-electron chi connectivity index (χ3n) is 2.75. The van der Waals surface area contributed by atoms with Crippen LogP contribution in [0.25, 0.3) is 0 Å². The minimum atomic E-state index is -0.950. The van der Waals surface area contributed by atoms with Crippen LogP contribution in [0.15, 0.2) is 24.3 Å².